The first-order valence-electron chi connectivity index (χ1n) is 6.74. The number of aromatic amines is 1. The number of halogens is 2. The van der Waals surface area contributed by atoms with Crippen molar-refractivity contribution in [3.8, 4) is 0 Å². The van der Waals surface area contributed by atoms with E-state index in [1.165, 1.54) is 0 Å². The summed E-state index contributed by atoms with van der Waals surface area (Å²) in [6, 6.07) is 5.33. The van der Waals surface area contributed by atoms with Gasteiger partial charge < -0.3 is 0 Å². The van der Waals surface area contributed by atoms with Gasteiger partial charge in [-0.15, -0.1) is 0 Å². The van der Waals surface area contributed by atoms with Crippen molar-refractivity contribution in [2.75, 3.05) is 0 Å². The molecule has 2 aromatic rings. The molecule has 0 aliphatic rings. The first-order chi connectivity index (χ1) is 10.1. The summed E-state index contributed by atoms with van der Waals surface area (Å²) in [5.41, 5.74) is 0.666. The Morgan fingerprint density at radius 1 is 1.33 bits per heavy atom. The Labute approximate surface area is 138 Å². The fourth-order valence-corrected chi connectivity index (χ4v) is 2.76. The fraction of sp³-hybridized carbons (Fsp3) is 0.357. The Hall–Kier alpha value is -1.17. The monoisotopic (exact) mass is 342 g/mol. The standard InChI is InChI=1S/C14H16Cl2N4S/c1-3-9(4-2)13-18-19-14(21)20(13)17-8-10-11(15)6-5-7-12(10)16/h5-9H,3-4H2,1-2H3,(H,19,21)/b17-8-. The van der Waals surface area contributed by atoms with Gasteiger partial charge in [0.1, 0.15) is 0 Å². The van der Waals surface area contributed by atoms with Gasteiger partial charge in [0.15, 0.2) is 5.82 Å². The van der Waals surface area contributed by atoms with Crippen LogP contribution in [0.2, 0.25) is 10.0 Å². The molecule has 112 valence electrons. The van der Waals surface area contributed by atoms with Gasteiger partial charge in [0.05, 0.1) is 16.3 Å². The lowest BCUT2D eigenvalue weighted by Crippen LogP contribution is -2.05. The van der Waals surface area contributed by atoms with Crippen molar-refractivity contribution in [1.82, 2.24) is 14.9 Å². The van der Waals surface area contributed by atoms with Crippen molar-refractivity contribution < 1.29 is 0 Å². The van der Waals surface area contributed by atoms with Crippen LogP contribution in [0.5, 0.6) is 0 Å². The van der Waals surface area contributed by atoms with Crippen LogP contribution in [0.1, 0.15) is 44.0 Å². The minimum atomic E-state index is 0.303. The van der Waals surface area contributed by atoms with Gasteiger partial charge in [-0.1, -0.05) is 43.1 Å². The Balaban J connectivity index is 2.42. The van der Waals surface area contributed by atoms with Crippen LogP contribution >= 0.6 is 35.4 Å². The van der Waals surface area contributed by atoms with Crippen LogP contribution in [0.15, 0.2) is 23.3 Å². The lowest BCUT2D eigenvalue weighted by molar-refractivity contribution is 0.571. The van der Waals surface area contributed by atoms with Gasteiger partial charge in [0.2, 0.25) is 4.77 Å². The zero-order valence-corrected chi connectivity index (χ0v) is 14.1. The average molecular weight is 343 g/mol. The maximum absolute atomic E-state index is 6.13. The molecule has 0 spiro atoms. The van der Waals surface area contributed by atoms with E-state index in [1.54, 1.807) is 29.1 Å². The van der Waals surface area contributed by atoms with Gasteiger partial charge in [-0.2, -0.15) is 14.9 Å². The number of aromatic nitrogens is 3. The Kier molecular flexibility index (Phi) is 5.56. The van der Waals surface area contributed by atoms with Crippen LogP contribution in [0, 0.1) is 4.77 Å². The highest BCUT2D eigenvalue weighted by atomic mass is 35.5. The van der Waals surface area contributed by atoms with E-state index in [9.17, 15) is 0 Å². The minimum Gasteiger partial charge on any atom is -0.250 e. The number of benzene rings is 1. The smallest absolute Gasteiger partial charge is 0.216 e. The first-order valence-corrected chi connectivity index (χ1v) is 7.90. The highest BCUT2D eigenvalue weighted by molar-refractivity contribution is 7.71. The lowest BCUT2D eigenvalue weighted by Gasteiger charge is -2.10. The van der Waals surface area contributed by atoms with Crippen LogP contribution in [0.3, 0.4) is 0 Å². The molecule has 0 atom stereocenters. The molecule has 1 heterocycles. The molecule has 2 rings (SSSR count). The Morgan fingerprint density at radius 3 is 2.52 bits per heavy atom. The fourth-order valence-electron chi connectivity index (χ4n) is 2.08. The molecule has 1 aromatic carbocycles. The summed E-state index contributed by atoms with van der Waals surface area (Å²) >= 11 is 17.5. The molecule has 4 nitrogen and oxygen atoms in total. The SMILES string of the molecule is CCC(CC)c1n[nH]c(=S)n1/N=C\c1c(Cl)cccc1Cl. The number of hydrogen-bond donors (Lipinski definition) is 1. The van der Waals surface area contributed by atoms with Crippen molar-refractivity contribution in [3.63, 3.8) is 0 Å². The van der Waals surface area contributed by atoms with E-state index in [2.05, 4.69) is 29.1 Å². The molecule has 0 fully saturated rings. The highest BCUT2D eigenvalue weighted by Crippen LogP contribution is 2.23. The van der Waals surface area contributed by atoms with Gasteiger partial charge in [-0.3, -0.25) is 5.10 Å². The third-order valence-electron chi connectivity index (χ3n) is 3.33. The zero-order valence-electron chi connectivity index (χ0n) is 11.8. The van der Waals surface area contributed by atoms with Crippen molar-refractivity contribution in [2.45, 2.75) is 32.6 Å². The van der Waals surface area contributed by atoms with E-state index < -0.39 is 0 Å². The van der Waals surface area contributed by atoms with Gasteiger partial charge >= 0.3 is 0 Å². The summed E-state index contributed by atoms with van der Waals surface area (Å²) in [5.74, 6) is 1.13. The number of H-pyrrole nitrogens is 1. The molecule has 0 amide bonds. The maximum Gasteiger partial charge on any atom is 0.216 e. The summed E-state index contributed by atoms with van der Waals surface area (Å²) < 4.78 is 2.09. The van der Waals surface area contributed by atoms with Crippen LogP contribution in [-0.2, 0) is 0 Å². The summed E-state index contributed by atoms with van der Waals surface area (Å²) in [7, 11) is 0. The third kappa shape index (κ3) is 3.54. The summed E-state index contributed by atoms with van der Waals surface area (Å²) in [6.45, 7) is 4.23. The molecule has 0 unspecified atom stereocenters. The predicted octanol–water partition coefficient (Wildman–Crippen LogP) is 5.03. The minimum absolute atomic E-state index is 0.303. The molecule has 7 heteroatoms. The number of hydrogen-bond acceptors (Lipinski definition) is 3. The molecule has 1 N–H and O–H groups in total. The molecule has 0 aliphatic carbocycles. The highest BCUT2D eigenvalue weighted by Gasteiger charge is 2.15. The molecule has 0 saturated heterocycles. The van der Waals surface area contributed by atoms with Crippen LogP contribution < -0.4 is 0 Å². The first kappa shape index (κ1) is 16.2. The molecule has 1 aromatic heterocycles. The van der Waals surface area contributed by atoms with E-state index in [0.717, 1.165) is 18.7 Å². The lowest BCUT2D eigenvalue weighted by atomic mass is 10.0. The molecular formula is C14H16Cl2N4S. The average Bonchev–Trinajstić information content (AvgIpc) is 2.82. The van der Waals surface area contributed by atoms with Gasteiger partial charge in [0.25, 0.3) is 0 Å². The van der Waals surface area contributed by atoms with E-state index in [0.29, 0.717) is 26.3 Å². The second-order valence-electron chi connectivity index (χ2n) is 4.59. The van der Waals surface area contributed by atoms with Gasteiger partial charge in [0, 0.05) is 11.5 Å². The normalized spacial score (nSPS) is 11.7. The van der Waals surface area contributed by atoms with Crippen molar-refractivity contribution in [2.24, 2.45) is 5.10 Å². The van der Waals surface area contributed by atoms with Gasteiger partial charge in [-0.25, -0.2) is 0 Å². The number of nitrogens with one attached hydrogen (secondary N) is 1. The quantitative estimate of drug-likeness (QED) is 0.611. The number of nitrogens with zero attached hydrogens (tertiary/aromatic N) is 3. The molecular weight excluding hydrogens is 327 g/mol. The summed E-state index contributed by atoms with van der Waals surface area (Å²) in [4.78, 5) is 0. The largest absolute Gasteiger partial charge is 0.250 e. The second-order valence-corrected chi connectivity index (χ2v) is 5.79. The Bertz CT molecular complexity index is 681. The molecule has 0 radical (unpaired) electrons. The van der Waals surface area contributed by atoms with Crippen LogP contribution in [0.4, 0.5) is 0 Å². The van der Waals surface area contributed by atoms with Gasteiger partial charge in [-0.05, 0) is 37.2 Å². The van der Waals surface area contributed by atoms with Crippen molar-refractivity contribution in [1.29, 1.82) is 0 Å². The predicted molar refractivity (Wildman–Crippen MR) is 90.2 cm³/mol. The van der Waals surface area contributed by atoms with E-state index in [-0.39, 0.29) is 0 Å². The molecule has 0 saturated carbocycles. The maximum atomic E-state index is 6.13. The zero-order chi connectivity index (χ0) is 15.4. The van der Waals surface area contributed by atoms with Crippen molar-refractivity contribution >= 4 is 41.6 Å². The Morgan fingerprint density at radius 2 is 1.95 bits per heavy atom. The summed E-state index contributed by atoms with van der Waals surface area (Å²) in [5, 5.41) is 12.6. The molecule has 0 aliphatic heterocycles. The van der Waals surface area contributed by atoms with E-state index >= 15 is 0 Å². The second kappa shape index (κ2) is 7.20. The topological polar surface area (TPSA) is 46.0 Å². The number of rotatable bonds is 5. The van der Waals surface area contributed by atoms with E-state index in [1.807, 2.05) is 0 Å². The molecule has 0 bridgehead atoms. The van der Waals surface area contributed by atoms with Crippen LogP contribution in [-0.4, -0.2) is 21.1 Å². The summed E-state index contributed by atoms with van der Waals surface area (Å²) in [6.07, 6.45) is 3.55. The third-order valence-corrected chi connectivity index (χ3v) is 4.25. The van der Waals surface area contributed by atoms with Crippen LogP contribution in [0.25, 0.3) is 0 Å². The molecule has 21 heavy (non-hydrogen) atoms. The van der Waals surface area contributed by atoms with E-state index in [4.69, 9.17) is 35.4 Å². The van der Waals surface area contributed by atoms with Crippen molar-refractivity contribution in [3.05, 3.63) is 44.4 Å².